The van der Waals surface area contributed by atoms with Crippen LogP contribution in [0.1, 0.15) is 105 Å². The van der Waals surface area contributed by atoms with Crippen molar-refractivity contribution in [2.45, 2.75) is 124 Å². The summed E-state index contributed by atoms with van der Waals surface area (Å²) in [5.41, 5.74) is 0.883. The molecule has 182 valence electrons. The Kier molecular flexibility index (Phi) is 6.32. The molecule has 1 heterocycles. The largest absolute Gasteiger partial charge is 0.379 e. The monoisotopic (exact) mass is 444 g/mol. The predicted octanol–water partition coefficient (Wildman–Crippen LogP) is 6.82. The zero-order chi connectivity index (χ0) is 22.7. The molecule has 1 aliphatic heterocycles. The Labute approximate surface area is 196 Å². The highest BCUT2D eigenvalue weighted by Crippen LogP contribution is 2.69. The number of Topliss-reactive ketones (excluding diaryl/α,β-unsaturated/α-hetero) is 1. The summed E-state index contributed by atoms with van der Waals surface area (Å²) < 4.78 is 12.6. The van der Waals surface area contributed by atoms with Crippen molar-refractivity contribution in [1.29, 1.82) is 0 Å². The van der Waals surface area contributed by atoms with Gasteiger partial charge in [-0.15, -0.1) is 0 Å². The molecular formula is C29H48O3. The molecule has 32 heavy (non-hydrogen) atoms. The molecule has 0 aromatic rings. The van der Waals surface area contributed by atoms with Gasteiger partial charge in [0.2, 0.25) is 0 Å². The Balaban J connectivity index is 1.26. The van der Waals surface area contributed by atoms with Crippen molar-refractivity contribution in [3.63, 3.8) is 0 Å². The van der Waals surface area contributed by atoms with Crippen molar-refractivity contribution in [3.05, 3.63) is 0 Å². The van der Waals surface area contributed by atoms with Crippen LogP contribution in [0.5, 0.6) is 0 Å². The maximum atomic E-state index is 12.2. The van der Waals surface area contributed by atoms with E-state index in [1.807, 2.05) is 0 Å². The number of hydrogen-bond donors (Lipinski definition) is 0. The van der Waals surface area contributed by atoms with Gasteiger partial charge >= 0.3 is 0 Å². The van der Waals surface area contributed by atoms with Crippen LogP contribution in [0, 0.1) is 46.3 Å². The molecule has 4 aliphatic carbocycles. The second kappa shape index (κ2) is 8.67. The lowest BCUT2D eigenvalue weighted by Crippen LogP contribution is -2.54. The Bertz CT molecular complexity index is 705. The molecule has 4 saturated carbocycles. The van der Waals surface area contributed by atoms with E-state index in [4.69, 9.17) is 9.47 Å². The Morgan fingerprint density at radius 1 is 1.12 bits per heavy atom. The van der Waals surface area contributed by atoms with Crippen LogP contribution >= 0.6 is 0 Å². The number of ether oxygens (including phenoxy) is 2. The van der Waals surface area contributed by atoms with Gasteiger partial charge < -0.3 is 9.47 Å². The molecule has 0 N–H and O–H groups in total. The minimum absolute atomic E-state index is 0.375. The van der Waals surface area contributed by atoms with Gasteiger partial charge in [-0.25, -0.2) is 0 Å². The van der Waals surface area contributed by atoms with E-state index in [0.29, 0.717) is 46.8 Å². The Hall–Kier alpha value is -0.410. The lowest BCUT2D eigenvalue weighted by atomic mass is 9.44. The number of carbonyl (C=O) groups excluding carboxylic acids is 1. The van der Waals surface area contributed by atoms with Crippen molar-refractivity contribution in [1.82, 2.24) is 0 Å². The molecule has 3 nitrogen and oxygen atoms in total. The van der Waals surface area contributed by atoms with E-state index in [1.165, 1.54) is 44.9 Å². The average molecular weight is 445 g/mol. The van der Waals surface area contributed by atoms with Crippen molar-refractivity contribution in [2.24, 2.45) is 46.3 Å². The first kappa shape index (κ1) is 23.3. The standard InChI is InChI=1S/C29H48O3/c1-6-31-18(2)8-7-9-25-19(3)27-26(32-25)17-24-22-11-10-20-16-21(30)12-14-28(20,4)23(22)13-15-29(24,27)5/h18-20,22-27H,6-17H2,1-5H3. The van der Waals surface area contributed by atoms with Crippen LogP contribution in [0.3, 0.4) is 0 Å². The van der Waals surface area contributed by atoms with Gasteiger partial charge in [0.15, 0.2) is 0 Å². The molecule has 11 atom stereocenters. The first-order valence-electron chi connectivity index (χ1n) is 14.1. The van der Waals surface area contributed by atoms with E-state index in [0.717, 1.165) is 56.0 Å². The van der Waals surface area contributed by atoms with Crippen LogP contribution in [-0.4, -0.2) is 30.7 Å². The summed E-state index contributed by atoms with van der Waals surface area (Å²) in [5.74, 6) is 5.19. The van der Waals surface area contributed by atoms with Gasteiger partial charge in [0.1, 0.15) is 5.78 Å². The molecule has 0 aromatic carbocycles. The SMILES string of the molecule is CCOC(C)CCCC1OC2CC3C4CCC5CC(=O)CCC5(C)C4CCC3(C)C2C1C. The summed E-state index contributed by atoms with van der Waals surface area (Å²) in [6.07, 6.45) is 14.5. The summed E-state index contributed by atoms with van der Waals surface area (Å²) in [5, 5.41) is 0. The lowest BCUT2D eigenvalue weighted by Gasteiger charge is -2.60. The molecule has 3 heteroatoms. The maximum Gasteiger partial charge on any atom is 0.133 e. The Morgan fingerprint density at radius 2 is 1.94 bits per heavy atom. The van der Waals surface area contributed by atoms with Crippen LogP contribution in [0.15, 0.2) is 0 Å². The fraction of sp³-hybridized carbons (Fsp3) is 0.966. The average Bonchev–Trinajstić information content (AvgIpc) is 3.22. The van der Waals surface area contributed by atoms with Crippen molar-refractivity contribution >= 4 is 5.78 Å². The van der Waals surface area contributed by atoms with E-state index in [-0.39, 0.29) is 0 Å². The maximum absolute atomic E-state index is 12.2. The number of fused-ring (bicyclic) bond motifs is 7. The summed E-state index contributed by atoms with van der Waals surface area (Å²) in [6, 6.07) is 0. The topological polar surface area (TPSA) is 35.5 Å². The molecule has 5 fully saturated rings. The van der Waals surface area contributed by atoms with E-state index in [9.17, 15) is 4.79 Å². The molecule has 0 radical (unpaired) electrons. The molecule has 5 aliphatic rings. The third kappa shape index (κ3) is 3.63. The van der Waals surface area contributed by atoms with Gasteiger partial charge in [-0.1, -0.05) is 20.8 Å². The normalized spacial score (nSPS) is 51.0. The molecule has 0 spiro atoms. The fourth-order valence-electron chi connectivity index (χ4n) is 10.0. The predicted molar refractivity (Wildman–Crippen MR) is 128 cm³/mol. The minimum atomic E-state index is 0.375. The molecule has 1 saturated heterocycles. The zero-order valence-corrected chi connectivity index (χ0v) is 21.4. The van der Waals surface area contributed by atoms with Gasteiger partial charge in [-0.2, -0.15) is 0 Å². The third-order valence-electron chi connectivity index (χ3n) is 11.6. The van der Waals surface area contributed by atoms with E-state index < -0.39 is 0 Å². The van der Waals surface area contributed by atoms with E-state index >= 15 is 0 Å². The highest BCUT2D eigenvalue weighted by Gasteiger charge is 2.65. The molecule has 0 bridgehead atoms. The van der Waals surface area contributed by atoms with Crippen molar-refractivity contribution in [3.8, 4) is 0 Å². The quantitative estimate of drug-likeness (QED) is 0.451. The highest BCUT2D eigenvalue weighted by atomic mass is 16.5. The number of ketones is 1. The molecule has 0 aromatic heterocycles. The summed E-state index contributed by atoms with van der Waals surface area (Å²) >= 11 is 0. The van der Waals surface area contributed by atoms with Gasteiger partial charge in [-0.3, -0.25) is 4.79 Å². The molecular weight excluding hydrogens is 396 g/mol. The highest BCUT2D eigenvalue weighted by molar-refractivity contribution is 5.79. The van der Waals surface area contributed by atoms with Gasteiger partial charge in [0, 0.05) is 19.4 Å². The Morgan fingerprint density at radius 3 is 2.72 bits per heavy atom. The van der Waals surface area contributed by atoms with E-state index in [2.05, 4.69) is 34.6 Å². The summed E-state index contributed by atoms with van der Waals surface area (Å²) in [6.45, 7) is 12.8. The van der Waals surface area contributed by atoms with Gasteiger partial charge in [0.25, 0.3) is 0 Å². The first-order chi connectivity index (χ1) is 15.3. The summed E-state index contributed by atoms with van der Waals surface area (Å²) in [7, 11) is 0. The van der Waals surface area contributed by atoms with E-state index in [1.54, 1.807) is 0 Å². The van der Waals surface area contributed by atoms with Crippen LogP contribution in [0.2, 0.25) is 0 Å². The molecule has 11 unspecified atom stereocenters. The summed E-state index contributed by atoms with van der Waals surface area (Å²) in [4.78, 5) is 12.2. The number of carbonyl (C=O) groups is 1. The van der Waals surface area contributed by atoms with Gasteiger partial charge in [0.05, 0.1) is 18.3 Å². The second-order valence-electron chi connectivity index (χ2n) is 13.0. The fourth-order valence-corrected chi connectivity index (χ4v) is 10.0. The zero-order valence-electron chi connectivity index (χ0n) is 21.4. The van der Waals surface area contributed by atoms with Crippen LogP contribution in [0.25, 0.3) is 0 Å². The third-order valence-corrected chi connectivity index (χ3v) is 11.6. The van der Waals surface area contributed by atoms with Crippen LogP contribution in [-0.2, 0) is 14.3 Å². The number of hydrogen-bond acceptors (Lipinski definition) is 3. The molecule has 5 rings (SSSR count). The smallest absolute Gasteiger partial charge is 0.133 e. The lowest BCUT2D eigenvalue weighted by molar-refractivity contribution is -0.140. The number of rotatable bonds is 6. The van der Waals surface area contributed by atoms with Crippen LogP contribution < -0.4 is 0 Å². The van der Waals surface area contributed by atoms with Gasteiger partial charge in [-0.05, 0) is 118 Å². The van der Waals surface area contributed by atoms with Crippen LogP contribution in [0.4, 0.5) is 0 Å². The minimum Gasteiger partial charge on any atom is -0.379 e. The second-order valence-corrected chi connectivity index (χ2v) is 13.0. The van der Waals surface area contributed by atoms with Crippen molar-refractivity contribution in [2.75, 3.05) is 6.61 Å². The van der Waals surface area contributed by atoms with Crippen molar-refractivity contribution < 1.29 is 14.3 Å². The first-order valence-corrected chi connectivity index (χ1v) is 14.1. The molecule has 0 amide bonds.